The number of aliphatic carboxylic acids is 1. The topological polar surface area (TPSA) is 76.1 Å². The molecule has 1 heterocycles. The maximum atomic E-state index is 12.9. The standard InChI is InChI=1S/C19H18ClNO5/c1-2-25-17-9-13(4-6-16(17)26-11-18(22)23)19(24)21-8-7-12-3-5-14(20)10-15(12)21/h3-6,9-10H,2,7-8,11H2,1H3,(H,22,23). The fraction of sp³-hybridized carbons (Fsp3) is 0.263. The van der Waals surface area contributed by atoms with Crippen molar-refractivity contribution in [1.82, 2.24) is 0 Å². The molecule has 1 aliphatic rings. The minimum Gasteiger partial charge on any atom is -0.490 e. The minimum absolute atomic E-state index is 0.170. The molecule has 0 aliphatic carbocycles. The Bertz CT molecular complexity index is 852. The lowest BCUT2D eigenvalue weighted by molar-refractivity contribution is -0.139. The van der Waals surface area contributed by atoms with Crippen LogP contribution in [0.3, 0.4) is 0 Å². The first kappa shape index (κ1) is 18.1. The monoisotopic (exact) mass is 375 g/mol. The van der Waals surface area contributed by atoms with Crippen LogP contribution < -0.4 is 14.4 Å². The second-order valence-electron chi connectivity index (χ2n) is 5.76. The summed E-state index contributed by atoms with van der Waals surface area (Å²) in [6.45, 7) is 2.26. The van der Waals surface area contributed by atoms with Gasteiger partial charge in [0.05, 0.1) is 6.61 Å². The van der Waals surface area contributed by atoms with Crippen molar-refractivity contribution < 1.29 is 24.2 Å². The summed E-state index contributed by atoms with van der Waals surface area (Å²) < 4.78 is 10.7. The van der Waals surface area contributed by atoms with Gasteiger partial charge in [0.1, 0.15) is 0 Å². The minimum atomic E-state index is -1.09. The first-order valence-corrected chi connectivity index (χ1v) is 8.59. The first-order chi connectivity index (χ1) is 12.5. The summed E-state index contributed by atoms with van der Waals surface area (Å²) in [6, 6.07) is 10.3. The largest absolute Gasteiger partial charge is 0.490 e. The molecule has 1 N–H and O–H groups in total. The van der Waals surface area contributed by atoms with E-state index >= 15 is 0 Å². The maximum Gasteiger partial charge on any atom is 0.341 e. The highest BCUT2D eigenvalue weighted by atomic mass is 35.5. The Morgan fingerprint density at radius 3 is 2.69 bits per heavy atom. The van der Waals surface area contributed by atoms with Crippen LogP contribution in [0.2, 0.25) is 5.02 Å². The fourth-order valence-electron chi connectivity index (χ4n) is 2.89. The van der Waals surface area contributed by atoms with E-state index in [9.17, 15) is 9.59 Å². The number of nitrogens with zero attached hydrogens (tertiary/aromatic N) is 1. The van der Waals surface area contributed by atoms with Crippen LogP contribution in [-0.4, -0.2) is 36.7 Å². The number of hydrogen-bond donors (Lipinski definition) is 1. The van der Waals surface area contributed by atoms with Crippen molar-refractivity contribution >= 4 is 29.2 Å². The van der Waals surface area contributed by atoms with E-state index in [1.54, 1.807) is 36.1 Å². The van der Waals surface area contributed by atoms with Crippen molar-refractivity contribution in [2.24, 2.45) is 0 Å². The van der Waals surface area contributed by atoms with Crippen LogP contribution in [0.4, 0.5) is 5.69 Å². The molecule has 0 spiro atoms. The van der Waals surface area contributed by atoms with E-state index in [2.05, 4.69) is 0 Å². The second kappa shape index (κ2) is 7.66. The molecule has 7 heteroatoms. The zero-order valence-corrected chi connectivity index (χ0v) is 15.0. The molecular formula is C19H18ClNO5. The van der Waals surface area contributed by atoms with Crippen LogP contribution in [0.25, 0.3) is 0 Å². The molecule has 2 aromatic carbocycles. The molecule has 0 fully saturated rings. The van der Waals surface area contributed by atoms with Gasteiger partial charge in [0.15, 0.2) is 18.1 Å². The molecule has 6 nitrogen and oxygen atoms in total. The van der Waals surface area contributed by atoms with Gasteiger partial charge >= 0.3 is 5.97 Å². The number of carboxylic acid groups (broad SMARTS) is 1. The Hall–Kier alpha value is -2.73. The predicted molar refractivity (Wildman–Crippen MR) is 97.6 cm³/mol. The SMILES string of the molecule is CCOc1cc(C(=O)N2CCc3ccc(Cl)cc32)ccc1OCC(=O)O. The number of halogens is 1. The van der Waals surface area contributed by atoms with Crippen LogP contribution in [0.1, 0.15) is 22.8 Å². The number of amides is 1. The molecule has 0 aromatic heterocycles. The lowest BCUT2D eigenvalue weighted by Gasteiger charge is -2.19. The highest BCUT2D eigenvalue weighted by molar-refractivity contribution is 6.31. The van der Waals surface area contributed by atoms with Crippen molar-refractivity contribution in [3.8, 4) is 11.5 Å². The third kappa shape index (κ3) is 3.75. The van der Waals surface area contributed by atoms with Gasteiger partial charge in [-0.05, 0) is 49.2 Å². The summed E-state index contributed by atoms with van der Waals surface area (Å²) in [7, 11) is 0. The van der Waals surface area contributed by atoms with Crippen LogP contribution in [0.5, 0.6) is 11.5 Å². The molecule has 0 radical (unpaired) electrons. The summed E-state index contributed by atoms with van der Waals surface area (Å²) in [5.74, 6) is -0.629. The Morgan fingerprint density at radius 1 is 1.15 bits per heavy atom. The number of carbonyl (C=O) groups is 2. The van der Waals surface area contributed by atoms with Gasteiger partial charge in [-0.2, -0.15) is 0 Å². The normalized spacial score (nSPS) is 12.6. The highest BCUT2D eigenvalue weighted by Crippen LogP contribution is 2.34. The third-order valence-corrected chi connectivity index (χ3v) is 4.26. The van der Waals surface area contributed by atoms with E-state index in [1.807, 2.05) is 12.1 Å². The molecule has 0 bridgehead atoms. The van der Waals surface area contributed by atoms with Crippen molar-refractivity contribution in [2.45, 2.75) is 13.3 Å². The van der Waals surface area contributed by atoms with E-state index < -0.39 is 12.6 Å². The van der Waals surface area contributed by atoms with Crippen LogP contribution >= 0.6 is 11.6 Å². The molecule has 1 amide bonds. The maximum absolute atomic E-state index is 12.9. The first-order valence-electron chi connectivity index (χ1n) is 8.21. The Morgan fingerprint density at radius 2 is 1.96 bits per heavy atom. The molecule has 1 aliphatic heterocycles. The molecule has 0 atom stereocenters. The number of anilines is 1. The molecule has 3 rings (SSSR count). The average molecular weight is 376 g/mol. The quantitative estimate of drug-likeness (QED) is 0.837. The highest BCUT2D eigenvalue weighted by Gasteiger charge is 2.26. The number of carbonyl (C=O) groups excluding carboxylic acids is 1. The van der Waals surface area contributed by atoms with Gasteiger partial charge in [0.25, 0.3) is 5.91 Å². The lowest BCUT2D eigenvalue weighted by Crippen LogP contribution is -2.28. The number of carboxylic acids is 1. The molecule has 26 heavy (non-hydrogen) atoms. The lowest BCUT2D eigenvalue weighted by atomic mass is 10.1. The summed E-state index contributed by atoms with van der Waals surface area (Å²) in [6.07, 6.45) is 0.774. The van der Waals surface area contributed by atoms with E-state index in [4.69, 9.17) is 26.2 Å². The van der Waals surface area contributed by atoms with Gasteiger partial charge in [-0.15, -0.1) is 0 Å². The Labute approximate surface area is 155 Å². The van der Waals surface area contributed by atoms with Crippen LogP contribution in [0.15, 0.2) is 36.4 Å². The second-order valence-corrected chi connectivity index (χ2v) is 6.19. The fourth-order valence-corrected chi connectivity index (χ4v) is 3.05. The van der Waals surface area contributed by atoms with Gasteiger partial charge in [-0.25, -0.2) is 4.79 Å². The molecule has 0 saturated carbocycles. The van der Waals surface area contributed by atoms with E-state index in [0.29, 0.717) is 29.5 Å². The van der Waals surface area contributed by atoms with Crippen molar-refractivity contribution in [2.75, 3.05) is 24.7 Å². The van der Waals surface area contributed by atoms with Gasteiger partial charge < -0.3 is 19.5 Å². The van der Waals surface area contributed by atoms with Crippen molar-refractivity contribution in [3.63, 3.8) is 0 Å². The van der Waals surface area contributed by atoms with E-state index in [1.165, 1.54) is 0 Å². The third-order valence-electron chi connectivity index (χ3n) is 4.03. The molecule has 0 saturated heterocycles. The smallest absolute Gasteiger partial charge is 0.341 e. The van der Waals surface area contributed by atoms with E-state index in [0.717, 1.165) is 17.7 Å². The van der Waals surface area contributed by atoms with Crippen LogP contribution in [-0.2, 0) is 11.2 Å². The van der Waals surface area contributed by atoms with Crippen molar-refractivity contribution in [3.05, 3.63) is 52.5 Å². The van der Waals surface area contributed by atoms with Crippen molar-refractivity contribution in [1.29, 1.82) is 0 Å². The Kier molecular flexibility index (Phi) is 5.32. The van der Waals surface area contributed by atoms with Crippen LogP contribution in [0, 0.1) is 0 Å². The average Bonchev–Trinajstić information content (AvgIpc) is 3.03. The number of rotatable bonds is 6. The summed E-state index contributed by atoms with van der Waals surface area (Å²) >= 11 is 6.06. The predicted octanol–water partition coefficient (Wildman–Crippen LogP) is 3.41. The summed E-state index contributed by atoms with van der Waals surface area (Å²) in [5, 5.41) is 9.34. The number of ether oxygens (including phenoxy) is 2. The molecule has 0 unspecified atom stereocenters. The molecule has 2 aromatic rings. The Balaban J connectivity index is 1.87. The summed E-state index contributed by atoms with van der Waals surface area (Å²) in [4.78, 5) is 25.3. The number of hydrogen-bond acceptors (Lipinski definition) is 4. The number of benzene rings is 2. The zero-order valence-electron chi connectivity index (χ0n) is 14.2. The van der Waals surface area contributed by atoms with Gasteiger partial charge in [-0.1, -0.05) is 17.7 Å². The van der Waals surface area contributed by atoms with Gasteiger partial charge in [-0.3, -0.25) is 4.79 Å². The van der Waals surface area contributed by atoms with Gasteiger partial charge in [0, 0.05) is 22.8 Å². The number of fused-ring (bicyclic) bond motifs is 1. The zero-order chi connectivity index (χ0) is 18.7. The van der Waals surface area contributed by atoms with Gasteiger partial charge in [0.2, 0.25) is 0 Å². The van der Waals surface area contributed by atoms with E-state index in [-0.39, 0.29) is 11.7 Å². The molecular weight excluding hydrogens is 358 g/mol. The molecule has 136 valence electrons. The summed E-state index contributed by atoms with van der Waals surface area (Å²) in [5.41, 5.74) is 2.32.